The number of carbonyl (C=O) groups is 2. The average Bonchev–Trinajstić information content (AvgIpc) is 2.90. The summed E-state index contributed by atoms with van der Waals surface area (Å²) in [5, 5.41) is 9.14. The molecule has 34 heavy (non-hydrogen) atoms. The fraction of sp³-hybridized carbons (Fsp3) is 0.250. The molecule has 1 aliphatic heterocycles. The highest BCUT2D eigenvalue weighted by Gasteiger charge is 2.27. The molecular formula is C28H26N2O4. The first-order chi connectivity index (χ1) is 16.5. The van der Waals surface area contributed by atoms with E-state index in [1.807, 2.05) is 35.2 Å². The molecule has 1 heterocycles. The zero-order valence-corrected chi connectivity index (χ0v) is 19.3. The van der Waals surface area contributed by atoms with E-state index < -0.39 is 0 Å². The smallest absolute Gasteiger partial charge is 0.306 e. The largest absolute Gasteiger partial charge is 0.497 e. The maximum Gasteiger partial charge on any atom is 0.306 e. The van der Waals surface area contributed by atoms with Gasteiger partial charge in [0, 0.05) is 24.6 Å². The summed E-state index contributed by atoms with van der Waals surface area (Å²) >= 11 is 0. The molecular weight excluding hydrogens is 428 g/mol. The number of benzene rings is 3. The van der Waals surface area contributed by atoms with Crippen LogP contribution in [0.15, 0.2) is 66.7 Å². The van der Waals surface area contributed by atoms with Crippen LogP contribution in [0, 0.1) is 11.3 Å². The van der Waals surface area contributed by atoms with Gasteiger partial charge in [0.1, 0.15) is 5.75 Å². The van der Waals surface area contributed by atoms with Gasteiger partial charge < -0.3 is 14.4 Å². The van der Waals surface area contributed by atoms with Crippen molar-refractivity contribution in [3.63, 3.8) is 0 Å². The van der Waals surface area contributed by atoms with E-state index in [2.05, 4.69) is 6.07 Å². The number of carbonyl (C=O) groups excluding carboxylic acids is 2. The van der Waals surface area contributed by atoms with E-state index in [-0.39, 0.29) is 24.2 Å². The Morgan fingerprint density at radius 1 is 1.03 bits per heavy atom. The molecule has 0 saturated heterocycles. The Hall–Kier alpha value is -4.11. The lowest BCUT2D eigenvalue weighted by atomic mass is 9.82. The second-order valence-electron chi connectivity index (χ2n) is 8.26. The second-order valence-corrected chi connectivity index (χ2v) is 8.26. The molecule has 0 bridgehead atoms. The predicted molar refractivity (Wildman–Crippen MR) is 128 cm³/mol. The van der Waals surface area contributed by atoms with Crippen LogP contribution in [-0.2, 0) is 22.5 Å². The first kappa shape index (κ1) is 23.1. The number of fused-ring (bicyclic) bond motifs is 1. The molecule has 4 rings (SSSR count). The summed E-state index contributed by atoms with van der Waals surface area (Å²) < 4.78 is 10.2. The van der Waals surface area contributed by atoms with Crippen LogP contribution in [0.25, 0.3) is 0 Å². The molecule has 6 heteroatoms. The summed E-state index contributed by atoms with van der Waals surface area (Å²) in [5.41, 5.74) is 5.46. The number of esters is 1. The standard InChI is InChI=1S/C28H26N2O4/c1-33-23-12-10-21(11-13-23)28(32)30-15-14-24-22(18-30)4-3-5-25(24)26(16-27(31)34-2)20-8-6-19(17-29)7-9-20/h3-13,26H,14-16,18H2,1-2H3. The SMILES string of the molecule is COC(=O)CC(c1ccc(C#N)cc1)c1cccc2c1CCN(C(=O)c1ccc(OC)cc1)C2. The molecule has 6 nitrogen and oxygen atoms in total. The van der Waals surface area contributed by atoms with Gasteiger partial charge in [0.25, 0.3) is 5.91 Å². The van der Waals surface area contributed by atoms with Crippen LogP contribution in [0.1, 0.15) is 50.5 Å². The summed E-state index contributed by atoms with van der Waals surface area (Å²) in [5.74, 6) is 0.208. The Kier molecular flexibility index (Phi) is 6.93. The summed E-state index contributed by atoms with van der Waals surface area (Å²) in [4.78, 5) is 27.2. The molecule has 0 radical (unpaired) electrons. The van der Waals surface area contributed by atoms with Gasteiger partial charge in [-0.2, -0.15) is 5.26 Å². The number of amides is 1. The van der Waals surface area contributed by atoms with Gasteiger partial charge in [0.2, 0.25) is 0 Å². The van der Waals surface area contributed by atoms with Crippen LogP contribution in [-0.4, -0.2) is 37.5 Å². The average molecular weight is 455 g/mol. The Labute approximate surface area is 199 Å². The molecule has 1 atom stereocenters. The van der Waals surface area contributed by atoms with Crippen molar-refractivity contribution < 1.29 is 19.1 Å². The van der Waals surface area contributed by atoms with Crippen molar-refractivity contribution in [2.45, 2.75) is 25.3 Å². The van der Waals surface area contributed by atoms with E-state index in [4.69, 9.17) is 14.7 Å². The lowest BCUT2D eigenvalue weighted by molar-refractivity contribution is -0.140. The summed E-state index contributed by atoms with van der Waals surface area (Å²) in [6.45, 7) is 1.10. The zero-order chi connectivity index (χ0) is 24.1. The Balaban J connectivity index is 1.63. The van der Waals surface area contributed by atoms with E-state index in [0.717, 1.165) is 16.7 Å². The quantitative estimate of drug-likeness (QED) is 0.514. The molecule has 0 spiro atoms. The number of nitriles is 1. The van der Waals surface area contributed by atoms with E-state index in [1.54, 1.807) is 43.5 Å². The molecule has 3 aromatic carbocycles. The Bertz CT molecular complexity index is 1230. The van der Waals surface area contributed by atoms with Gasteiger partial charge in [0.15, 0.2) is 0 Å². The predicted octanol–water partition coefficient (Wildman–Crippen LogP) is 4.46. The first-order valence-corrected chi connectivity index (χ1v) is 11.1. The maximum absolute atomic E-state index is 13.1. The molecule has 1 unspecified atom stereocenters. The zero-order valence-electron chi connectivity index (χ0n) is 19.3. The highest BCUT2D eigenvalue weighted by Crippen LogP contribution is 2.35. The van der Waals surface area contributed by atoms with Gasteiger partial charge in [0.05, 0.1) is 32.3 Å². The van der Waals surface area contributed by atoms with Crippen LogP contribution in [0.4, 0.5) is 0 Å². The number of rotatable bonds is 6. The molecule has 0 N–H and O–H groups in total. The Morgan fingerprint density at radius 2 is 1.76 bits per heavy atom. The molecule has 172 valence electrons. The summed E-state index contributed by atoms with van der Waals surface area (Å²) in [7, 11) is 2.99. The van der Waals surface area contributed by atoms with Crippen molar-refractivity contribution in [1.29, 1.82) is 5.26 Å². The van der Waals surface area contributed by atoms with Gasteiger partial charge in [-0.15, -0.1) is 0 Å². The lowest BCUT2D eigenvalue weighted by Crippen LogP contribution is -2.36. The summed E-state index contributed by atoms with van der Waals surface area (Å²) in [6, 6.07) is 22.7. The maximum atomic E-state index is 13.1. The van der Waals surface area contributed by atoms with Crippen molar-refractivity contribution in [2.75, 3.05) is 20.8 Å². The van der Waals surface area contributed by atoms with E-state index >= 15 is 0 Å². The van der Waals surface area contributed by atoms with E-state index in [1.165, 1.54) is 12.7 Å². The van der Waals surface area contributed by atoms with Crippen molar-refractivity contribution in [2.24, 2.45) is 0 Å². The first-order valence-electron chi connectivity index (χ1n) is 11.1. The van der Waals surface area contributed by atoms with Crippen LogP contribution in [0.2, 0.25) is 0 Å². The van der Waals surface area contributed by atoms with Crippen molar-refractivity contribution in [3.8, 4) is 11.8 Å². The number of hydrogen-bond acceptors (Lipinski definition) is 5. The van der Waals surface area contributed by atoms with Crippen molar-refractivity contribution in [1.82, 2.24) is 4.90 Å². The highest BCUT2D eigenvalue weighted by molar-refractivity contribution is 5.94. The molecule has 1 amide bonds. The van der Waals surface area contributed by atoms with Crippen LogP contribution in [0.3, 0.4) is 0 Å². The number of ether oxygens (including phenoxy) is 2. The van der Waals surface area contributed by atoms with Gasteiger partial charge >= 0.3 is 5.97 Å². The third kappa shape index (κ3) is 4.79. The van der Waals surface area contributed by atoms with Gasteiger partial charge in [-0.25, -0.2) is 0 Å². The highest BCUT2D eigenvalue weighted by atomic mass is 16.5. The van der Waals surface area contributed by atoms with Crippen LogP contribution >= 0.6 is 0 Å². The van der Waals surface area contributed by atoms with Gasteiger partial charge in [-0.3, -0.25) is 9.59 Å². The second kappa shape index (κ2) is 10.2. The Morgan fingerprint density at radius 3 is 2.41 bits per heavy atom. The van der Waals surface area contributed by atoms with Crippen LogP contribution < -0.4 is 4.74 Å². The topological polar surface area (TPSA) is 79.6 Å². The van der Waals surface area contributed by atoms with Gasteiger partial charge in [-0.05, 0) is 65.1 Å². The third-order valence-electron chi connectivity index (χ3n) is 6.34. The molecule has 0 fully saturated rings. The minimum absolute atomic E-state index is 0.0168. The molecule has 1 aliphatic rings. The fourth-order valence-electron chi connectivity index (χ4n) is 4.50. The molecule has 3 aromatic rings. The number of nitrogens with zero attached hydrogens (tertiary/aromatic N) is 2. The number of hydrogen-bond donors (Lipinski definition) is 0. The van der Waals surface area contributed by atoms with Crippen LogP contribution in [0.5, 0.6) is 5.75 Å². The van der Waals surface area contributed by atoms with Crippen molar-refractivity contribution >= 4 is 11.9 Å². The molecule has 0 saturated carbocycles. The number of methoxy groups -OCH3 is 2. The summed E-state index contributed by atoms with van der Waals surface area (Å²) in [6.07, 6.45) is 0.898. The van der Waals surface area contributed by atoms with Crippen molar-refractivity contribution in [3.05, 3.63) is 100 Å². The third-order valence-corrected chi connectivity index (χ3v) is 6.34. The monoisotopic (exact) mass is 454 g/mol. The minimum atomic E-state index is -0.293. The molecule has 0 aliphatic carbocycles. The minimum Gasteiger partial charge on any atom is -0.497 e. The van der Waals surface area contributed by atoms with E-state index in [0.29, 0.717) is 36.4 Å². The fourth-order valence-corrected chi connectivity index (χ4v) is 4.50. The molecule has 0 aromatic heterocycles. The normalized spacial score (nSPS) is 13.4. The van der Waals surface area contributed by atoms with Gasteiger partial charge in [-0.1, -0.05) is 30.3 Å². The lowest BCUT2D eigenvalue weighted by Gasteiger charge is -2.32. The van der Waals surface area contributed by atoms with E-state index in [9.17, 15) is 9.59 Å².